The molecule has 1 fully saturated rings. The molecule has 106 valence electrons. The minimum Gasteiger partial charge on any atom is -0.384 e. The molecule has 1 atom stereocenters. The van der Waals surface area contributed by atoms with Crippen LogP contribution in [0.15, 0.2) is 24.3 Å². The number of rotatable bonds is 3. The molecule has 1 aliphatic heterocycles. The number of benzene rings is 1. The van der Waals surface area contributed by atoms with Crippen molar-refractivity contribution in [1.29, 1.82) is 0 Å². The van der Waals surface area contributed by atoms with Crippen LogP contribution in [0.3, 0.4) is 0 Å². The average molecular weight is 273 g/mol. The Morgan fingerprint density at radius 2 is 2.30 bits per heavy atom. The quantitative estimate of drug-likeness (QED) is 0.841. The highest BCUT2D eigenvalue weighted by Gasteiger charge is 2.26. The first-order valence-corrected chi connectivity index (χ1v) is 6.76. The van der Waals surface area contributed by atoms with Gasteiger partial charge in [-0.05, 0) is 24.5 Å². The first-order chi connectivity index (χ1) is 9.72. The molecule has 0 radical (unpaired) electrons. The molecule has 1 saturated heterocycles. The fourth-order valence-electron chi connectivity index (χ4n) is 2.27. The fourth-order valence-corrected chi connectivity index (χ4v) is 2.27. The second kappa shape index (κ2) is 7.09. The smallest absolute Gasteiger partial charge is 0.251 e. The van der Waals surface area contributed by atoms with Gasteiger partial charge in [0, 0.05) is 25.8 Å². The van der Waals surface area contributed by atoms with Crippen molar-refractivity contribution < 1.29 is 14.6 Å². The lowest BCUT2D eigenvalue weighted by Gasteiger charge is -2.21. The Balaban J connectivity index is 2.07. The summed E-state index contributed by atoms with van der Waals surface area (Å²) in [7, 11) is 1.78. The summed E-state index contributed by atoms with van der Waals surface area (Å²) in [6, 6.07) is 7.65. The molecule has 4 nitrogen and oxygen atoms in total. The number of carbonyl (C=O) groups is 1. The lowest BCUT2D eigenvalue weighted by molar-refractivity contribution is -0.140. The maximum atomic E-state index is 12.2. The van der Waals surface area contributed by atoms with Crippen LogP contribution in [0.4, 0.5) is 0 Å². The highest BCUT2D eigenvalue weighted by Crippen LogP contribution is 2.16. The molecule has 4 heteroatoms. The van der Waals surface area contributed by atoms with Gasteiger partial charge in [-0.25, -0.2) is 0 Å². The molecular weight excluding hydrogens is 254 g/mol. The second-order valence-corrected chi connectivity index (χ2v) is 4.81. The van der Waals surface area contributed by atoms with Crippen LogP contribution < -0.4 is 0 Å². The maximum absolute atomic E-state index is 12.2. The standard InChI is InChI=1S/C16H19NO3/c1-17(16(19)15-9-5-11-20-15)12-14-7-3-2-6-13(14)8-4-10-18/h2-3,6-7,15,18H,5,9-12H2,1H3. The van der Waals surface area contributed by atoms with Crippen molar-refractivity contribution in [3.8, 4) is 11.8 Å². The molecule has 1 amide bonds. The van der Waals surface area contributed by atoms with Gasteiger partial charge in [-0.3, -0.25) is 4.79 Å². The zero-order valence-corrected chi connectivity index (χ0v) is 11.6. The largest absolute Gasteiger partial charge is 0.384 e. The Kier molecular flexibility index (Phi) is 5.16. The molecule has 1 aliphatic rings. The molecule has 1 heterocycles. The Hall–Kier alpha value is -1.83. The number of amides is 1. The van der Waals surface area contributed by atoms with Crippen molar-refractivity contribution in [3.05, 3.63) is 35.4 Å². The molecule has 20 heavy (non-hydrogen) atoms. The van der Waals surface area contributed by atoms with Gasteiger partial charge < -0.3 is 14.7 Å². The Morgan fingerprint density at radius 1 is 1.50 bits per heavy atom. The monoisotopic (exact) mass is 273 g/mol. The molecule has 2 rings (SSSR count). The number of aliphatic hydroxyl groups is 1. The minimum atomic E-state index is -0.296. The van der Waals surface area contributed by atoms with E-state index in [0.717, 1.165) is 24.0 Å². The van der Waals surface area contributed by atoms with Crippen molar-refractivity contribution in [3.63, 3.8) is 0 Å². The molecule has 0 saturated carbocycles. The fraction of sp³-hybridized carbons (Fsp3) is 0.438. The highest BCUT2D eigenvalue weighted by atomic mass is 16.5. The minimum absolute atomic E-state index is 0.0208. The average Bonchev–Trinajstić information content (AvgIpc) is 2.99. The van der Waals surface area contributed by atoms with Crippen LogP contribution in [0.25, 0.3) is 0 Å². The van der Waals surface area contributed by atoms with Crippen LogP contribution in [0.5, 0.6) is 0 Å². The predicted molar refractivity (Wildman–Crippen MR) is 75.9 cm³/mol. The lowest BCUT2D eigenvalue weighted by atomic mass is 10.1. The summed E-state index contributed by atoms with van der Waals surface area (Å²) in [6.07, 6.45) is 1.45. The van der Waals surface area contributed by atoms with Crippen LogP contribution >= 0.6 is 0 Å². The Bertz CT molecular complexity index is 524. The topological polar surface area (TPSA) is 49.8 Å². The summed E-state index contributed by atoms with van der Waals surface area (Å²) < 4.78 is 5.42. The van der Waals surface area contributed by atoms with Crippen molar-refractivity contribution >= 4 is 5.91 Å². The van der Waals surface area contributed by atoms with Gasteiger partial charge in [0.1, 0.15) is 12.7 Å². The third-order valence-corrected chi connectivity index (χ3v) is 3.31. The number of nitrogens with zero attached hydrogens (tertiary/aromatic N) is 1. The Morgan fingerprint density at radius 3 is 3.00 bits per heavy atom. The van der Waals surface area contributed by atoms with Crippen LogP contribution in [-0.2, 0) is 16.1 Å². The van der Waals surface area contributed by atoms with Crippen molar-refractivity contribution in [2.75, 3.05) is 20.3 Å². The number of hydrogen-bond donors (Lipinski definition) is 1. The van der Waals surface area contributed by atoms with E-state index in [0.29, 0.717) is 13.2 Å². The molecule has 1 aromatic carbocycles. The molecule has 0 aliphatic carbocycles. The van der Waals surface area contributed by atoms with E-state index in [-0.39, 0.29) is 18.6 Å². The van der Waals surface area contributed by atoms with Crippen LogP contribution in [0.2, 0.25) is 0 Å². The SMILES string of the molecule is CN(Cc1ccccc1C#CCO)C(=O)C1CCCO1. The predicted octanol–water partition coefficient (Wildman–Crippen LogP) is 1.17. The van der Waals surface area contributed by atoms with E-state index in [1.54, 1.807) is 11.9 Å². The zero-order valence-electron chi connectivity index (χ0n) is 11.6. The summed E-state index contributed by atoms with van der Waals surface area (Å²) in [5, 5.41) is 8.78. The number of likely N-dealkylation sites (N-methyl/N-ethyl adjacent to an activating group) is 1. The van der Waals surface area contributed by atoms with E-state index in [1.807, 2.05) is 24.3 Å². The van der Waals surface area contributed by atoms with E-state index in [1.165, 1.54) is 0 Å². The van der Waals surface area contributed by atoms with E-state index in [2.05, 4.69) is 11.8 Å². The summed E-state index contributed by atoms with van der Waals surface area (Å²) in [5.41, 5.74) is 1.82. The normalized spacial score (nSPS) is 17.4. The molecule has 1 aromatic rings. The van der Waals surface area contributed by atoms with E-state index in [4.69, 9.17) is 9.84 Å². The molecule has 1 unspecified atom stereocenters. The van der Waals surface area contributed by atoms with Crippen LogP contribution in [0, 0.1) is 11.8 Å². The molecule has 0 bridgehead atoms. The van der Waals surface area contributed by atoms with Crippen LogP contribution in [-0.4, -0.2) is 42.3 Å². The van der Waals surface area contributed by atoms with E-state index in [9.17, 15) is 4.79 Å². The first-order valence-electron chi connectivity index (χ1n) is 6.76. The molecule has 0 aromatic heterocycles. The van der Waals surface area contributed by atoms with Gasteiger partial charge in [-0.1, -0.05) is 30.0 Å². The molecular formula is C16H19NO3. The van der Waals surface area contributed by atoms with Gasteiger partial charge >= 0.3 is 0 Å². The van der Waals surface area contributed by atoms with Gasteiger partial charge in [0.25, 0.3) is 5.91 Å². The van der Waals surface area contributed by atoms with Gasteiger partial charge in [-0.2, -0.15) is 0 Å². The third kappa shape index (κ3) is 3.60. The van der Waals surface area contributed by atoms with Crippen LogP contribution in [0.1, 0.15) is 24.0 Å². The van der Waals surface area contributed by atoms with Gasteiger partial charge in [-0.15, -0.1) is 0 Å². The lowest BCUT2D eigenvalue weighted by Crippen LogP contribution is -2.35. The zero-order chi connectivity index (χ0) is 14.4. The number of carbonyl (C=O) groups excluding carboxylic acids is 1. The van der Waals surface area contributed by atoms with Crippen molar-refractivity contribution in [2.45, 2.75) is 25.5 Å². The molecule has 1 N–H and O–H groups in total. The van der Waals surface area contributed by atoms with Crippen molar-refractivity contribution in [1.82, 2.24) is 4.90 Å². The summed E-state index contributed by atoms with van der Waals surface area (Å²) in [4.78, 5) is 13.9. The second-order valence-electron chi connectivity index (χ2n) is 4.81. The number of hydrogen-bond acceptors (Lipinski definition) is 3. The number of aliphatic hydroxyl groups excluding tert-OH is 1. The maximum Gasteiger partial charge on any atom is 0.251 e. The molecule has 0 spiro atoms. The summed E-state index contributed by atoms with van der Waals surface area (Å²) in [5.74, 6) is 5.57. The summed E-state index contributed by atoms with van der Waals surface area (Å²) in [6.45, 7) is 0.997. The van der Waals surface area contributed by atoms with Gasteiger partial charge in [0.05, 0.1) is 0 Å². The number of ether oxygens (including phenoxy) is 1. The van der Waals surface area contributed by atoms with Crippen molar-refractivity contribution in [2.24, 2.45) is 0 Å². The van der Waals surface area contributed by atoms with Gasteiger partial charge in [0.15, 0.2) is 0 Å². The highest BCUT2D eigenvalue weighted by molar-refractivity contribution is 5.81. The van der Waals surface area contributed by atoms with E-state index < -0.39 is 0 Å². The van der Waals surface area contributed by atoms with E-state index >= 15 is 0 Å². The van der Waals surface area contributed by atoms with Gasteiger partial charge in [0.2, 0.25) is 0 Å². The first kappa shape index (κ1) is 14.6. The summed E-state index contributed by atoms with van der Waals surface area (Å²) >= 11 is 0. The Labute approximate surface area is 119 Å². The third-order valence-electron chi connectivity index (χ3n) is 3.31.